The highest BCUT2D eigenvalue weighted by Gasteiger charge is 2.27. The number of rotatable bonds is 8. The summed E-state index contributed by atoms with van der Waals surface area (Å²) in [6.45, 7) is -0.468. The summed E-state index contributed by atoms with van der Waals surface area (Å²) in [5.74, 6) is -0.140. The molecule has 3 aromatic rings. The average Bonchev–Trinajstić information content (AvgIpc) is 2.78. The molecule has 0 aliphatic rings. The van der Waals surface area contributed by atoms with E-state index in [4.69, 9.17) is 4.74 Å². The van der Waals surface area contributed by atoms with Crippen LogP contribution in [0.4, 0.5) is 5.69 Å². The molecular formula is C21H20N4O4S. The van der Waals surface area contributed by atoms with E-state index in [1.165, 1.54) is 25.5 Å². The maximum atomic E-state index is 13.2. The number of hydrogen-bond acceptors (Lipinski definition) is 6. The molecule has 0 unspecified atom stereocenters. The number of benzene rings is 2. The fourth-order valence-electron chi connectivity index (χ4n) is 2.59. The second-order valence-electron chi connectivity index (χ2n) is 6.07. The topological polar surface area (TPSA) is 101 Å². The number of ether oxygens (including phenoxy) is 1. The van der Waals surface area contributed by atoms with Crippen molar-refractivity contribution in [1.82, 2.24) is 10.4 Å². The van der Waals surface area contributed by atoms with E-state index < -0.39 is 22.5 Å². The second kappa shape index (κ2) is 9.66. The van der Waals surface area contributed by atoms with Gasteiger partial charge in [-0.2, -0.15) is 5.10 Å². The molecule has 0 aliphatic heterocycles. The number of hydrogen-bond donors (Lipinski definition) is 1. The lowest BCUT2D eigenvalue weighted by atomic mass is 10.3. The molecule has 0 aliphatic carbocycles. The Hall–Kier alpha value is -3.72. The second-order valence-corrected chi connectivity index (χ2v) is 7.94. The van der Waals surface area contributed by atoms with E-state index in [1.807, 2.05) is 0 Å². The van der Waals surface area contributed by atoms with Crippen molar-refractivity contribution in [1.29, 1.82) is 0 Å². The van der Waals surface area contributed by atoms with E-state index in [0.717, 1.165) is 4.31 Å². The van der Waals surface area contributed by atoms with Gasteiger partial charge in [-0.25, -0.2) is 13.8 Å². The van der Waals surface area contributed by atoms with E-state index in [2.05, 4.69) is 15.5 Å². The van der Waals surface area contributed by atoms with E-state index in [1.54, 1.807) is 66.9 Å². The maximum Gasteiger partial charge on any atom is 0.264 e. The highest BCUT2D eigenvalue weighted by atomic mass is 32.2. The molecule has 0 fully saturated rings. The Bertz CT molecular complexity index is 1120. The van der Waals surface area contributed by atoms with Crippen LogP contribution in [0.15, 0.2) is 89.0 Å². The molecule has 9 heteroatoms. The van der Waals surface area contributed by atoms with Crippen LogP contribution in [-0.2, 0) is 14.8 Å². The first kappa shape index (κ1) is 21.0. The molecule has 0 atom stereocenters. The van der Waals surface area contributed by atoms with Crippen LogP contribution in [0.2, 0.25) is 0 Å². The first-order valence-corrected chi connectivity index (χ1v) is 10.4. The first-order valence-electron chi connectivity index (χ1n) is 8.95. The largest absolute Gasteiger partial charge is 0.497 e. The third-order valence-corrected chi connectivity index (χ3v) is 5.82. The van der Waals surface area contributed by atoms with Gasteiger partial charge in [-0.1, -0.05) is 30.3 Å². The molecular weight excluding hydrogens is 404 g/mol. The lowest BCUT2D eigenvalue weighted by Gasteiger charge is -2.24. The number of anilines is 1. The van der Waals surface area contributed by atoms with Gasteiger partial charge in [0.1, 0.15) is 12.3 Å². The molecule has 0 spiro atoms. The summed E-state index contributed by atoms with van der Waals surface area (Å²) in [5.41, 5.74) is 3.19. The molecule has 0 saturated carbocycles. The zero-order chi connectivity index (χ0) is 21.4. The number of carbonyl (C=O) groups is 1. The summed E-state index contributed by atoms with van der Waals surface area (Å²) in [4.78, 5) is 16.6. The van der Waals surface area contributed by atoms with E-state index in [-0.39, 0.29) is 4.90 Å². The van der Waals surface area contributed by atoms with Gasteiger partial charge in [0.05, 0.1) is 29.6 Å². The fourth-order valence-corrected chi connectivity index (χ4v) is 4.02. The zero-order valence-electron chi connectivity index (χ0n) is 16.2. The predicted molar refractivity (Wildman–Crippen MR) is 114 cm³/mol. The average molecular weight is 424 g/mol. The fraction of sp³-hybridized carbons (Fsp3) is 0.0952. The van der Waals surface area contributed by atoms with E-state index >= 15 is 0 Å². The van der Waals surface area contributed by atoms with Crippen molar-refractivity contribution >= 4 is 27.8 Å². The van der Waals surface area contributed by atoms with Gasteiger partial charge in [-0.15, -0.1) is 0 Å². The third-order valence-electron chi connectivity index (χ3n) is 4.03. The number of pyridine rings is 1. The lowest BCUT2D eigenvalue weighted by molar-refractivity contribution is -0.119. The van der Waals surface area contributed by atoms with Crippen LogP contribution >= 0.6 is 0 Å². The minimum Gasteiger partial charge on any atom is -0.497 e. The minimum absolute atomic E-state index is 0.0672. The monoisotopic (exact) mass is 424 g/mol. The molecule has 0 bridgehead atoms. The Morgan fingerprint density at radius 1 is 1.10 bits per heavy atom. The number of aromatic nitrogens is 1. The number of amides is 1. The Balaban J connectivity index is 1.86. The number of methoxy groups -OCH3 is 1. The van der Waals surface area contributed by atoms with Crippen LogP contribution in [0.1, 0.15) is 5.69 Å². The van der Waals surface area contributed by atoms with E-state index in [0.29, 0.717) is 17.1 Å². The SMILES string of the molecule is COc1cccc(N(CC(=O)N/N=C\c2ccccn2)S(=O)(=O)c2ccccc2)c1. The summed E-state index contributed by atoms with van der Waals surface area (Å²) in [6.07, 6.45) is 2.97. The van der Waals surface area contributed by atoms with Crippen LogP contribution in [0.3, 0.4) is 0 Å². The quantitative estimate of drug-likeness (QED) is 0.442. The van der Waals surface area contributed by atoms with Crippen LogP contribution in [-0.4, -0.2) is 39.2 Å². The van der Waals surface area contributed by atoms with E-state index in [9.17, 15) is 13.2 Å². The van der Waals surface area contributed by atoms with Crippen LogP contribution in [0.25, 0.3) is 0 Å². The van der Waals surface area contributed by atoms with Crippen molar-refractivity contribution < 1.29 is 17.9 Å². The van der Waals surface area contributed by atoms with Gasteiger partial charge >= 0.3 is 0 Å². The summed E-state index contributed by atoms with van der Waals surface area (Å²) >= 11 is 0. The number of nitrogens with zero attached hydrogens (tertiary/aromatic N) is 3. The highest BCUT2D eigenvalue weighted by molar-refractivity contribution is 7.92. The van der Waals surface area contributed by atoms with Crippen LogP contribution in [0, 0.1) is 0 Å². The molecule has 1 N–H and O–H groups in total. The van der Waals surface area contributed by atoms with Crippen LogP contribution in [0.5, 0.6) is 5.75 Å². The molecule has 1 heterocycles. The van der Waals surface area contributed by atoms with Gasteiger partial charge in [0, 0.05) is 12.3 Å². The molecule has 2 aromatic carbocycles. The molecule has 1 aromatic heterocycles. The standard InChI is InChI=1S/C21H20N4O4S/c1-29-19-10-7-9-18(14-19)25(30(27,28)20-11-3-2-4-12-20)16-21(26)24-23-15-17-8-5-6-13-22-17/h2-15H,16H2,1H3,(H,24,26)/b23-15-. The Morgan fingerprint density at radius 3 is 2.57 bits per heavy atom. The number of nitrogens with one attached hydrogen (secondary N) is 1. The summed E-state index contributed by atoms with van der Waals surface area (Å²) in [6, 6.07) is 19.6. The van der Waals surface area contributed by atoms with Crippen molar-refractivity contribution in [3.63, 3.8) is 0 Å². The normalized spacial score (nSPS) is 11.2. The molecule has 8 nitrogen and oxygen atoms in total. The van der Waals surface area contributed by atoms with Gasteiger partial charge in [-0.3, -0.25) is 14.1 Å². The molecule has 30 heavy (non-hydrogen) atoms. The molecule has 3 rings (SSSR count). The van der Waals surface area contributed by atoms with Gasteiger partial charge in [0.15, 0.2) is 0 Å². The summed E-state index contributed by atoms with van der Waals surface area (Å²) < 4.78 is 32.6. The van der Waals surface area contributed by atoms with Crippen molar-refractivity contribution in [2.45, 2.75) is 4.90 Å². The molecule has 0 saturated heterocycles. The molecule has 1 amide bonds. The summed E-state index contributed by atoms with van der Waals surface area (Å²) in [5, 5.41) is 3.84. The van der Waals surface area contributed by atoms with Gasteiger partial charge in [-0.05, 0) is 36.4 Å². The van der Waals surface area contributed by atoms with Crippen molar-refractivity contribution in [2.24, 2.45) is 5.10 Å². The van der Waals surface area contributed by atoms with Crippen molar-refractivity contribution in [3.05, 3.63) is 84.7 Å². The number of carbonyl (C=O) groups excluding carboxylic acids is 1. The van der Waals surface area contributed by atoms with Crippen molar-refractivity contribution in [2.75, 3.05) is 18.0 Å². The zero-order valence-corrected chi connectivity index (χ0v) is 17.0. The van der Waals surface area contributed by atoms with Gasteiger partial charge in [0.25, 0.3) is 15.9 Å². The Kier molecular flexibility index (Phi) is 6.76. The Labute approximate surface area is 174 Å². The number of sulfonamides is 1. The first-order chi connectivity index (χ1) is 14.5. The van der Waals surface area contributed by atoms with Gasteiger partial charge < -0.3 is 4.74 Å². The minimum atomic E-state index is -4.00. The highest BCUT2D eigenvalue weighted by Crippen LogP contribution is 2.26. The molecule has 154 valence electrons. The molecule has 0 radical (unpaired) electrons. The number of hydrazone groups is 1. The summed E-state index contributed by atoms with van der Waals surface area (Å²) in [7, 11) is -2.52. The predicted octanol–water partition coefficient (Wildman–Crippen LogP) is 2.44. The third kappa shape index (κ3) is 5.21. The smallest absolute Gasteiger partial charge is 0.264 e. The van der Waals surface area contributed by atoms with Crippen molar-refractivity contribution in [3.8, 4) is 5.75 Å². The lowest BCUT2D eigenvalue weighted by Crippen LogP contribution is -2.39. The van der Waals surface area contributed by atoms with Crippen LogP contribution < -0.4 is 14.5 Å². The Morgan fingerprint density at radius 2 is 1.87 bits per heavy atom. The maximum absolute atomic E-state index is 13.2. The van der Waals surface area contributed by atoms with Gasteiger partial charge in [0.2, 0.25) is 0 Å².